The third-order valence-electron chi connectivity index (χ3n) is 2.27. The number of nitrogens with zero attached hydrogens (tertiary/aromatic N) is 1. The number of hydrogen-bond donors (Lipinski definition) is 2. The zero-order chi connectivity index (χ0) is 11.1. The van der Waals surface area contributed by atoms with E-state index in [0.717, 1.165) is 18.7 Å². The highest BCUT2D eigenvalue weighted by molar-refractivity contribution is 5.03. The Kier molecular flexibility index (Phi) is 5.29. The van der Waals surface area contributed by atoms with Crippen LogP contribution in [0.1, 0.15) is 26.0 Å². The minimum Gasteiger partial charge on any atom is -0.395 e. The van der Waals surface area contributed by atoms with Gasteiger partial charge in [0.2, 0.25) is 0 Å². The number of rotatable bonds is 6. The number of aliphatic hydroxyl groups excluding tert-OH is 1. The lowest BCUT2D eigenvalue weighted by atomic mass is 10.0. The Bertz CT molecular complexity index is 262. The summed E-state index contributed by atoms with van der Waals surface area (Å²) in [7, 11) is 0. The lowest BCUT2D eigenvalue weighted by molar-refractivity contribution is 0.223. The summed E-state index contributed by atoms with van der Waals surface area (Å²) in [6, 6.07) is 6.03. The maximum absolute atomic E-state index is 9.17. The molecule has 3 heteroatoms. The van der Waals surface area contributed by atoms with E-state index in [0.29, 0.717) is 5.92 Å². The number of hydrogen-bond acceptors (Lipinski definition) is 3. The van der Waals surface area contributed by atoms with Crippen molar-refractivity contribution in [2.45, 2.75) is 32.9 Å². The van der Waals surface area contributed by atoms with E-state index in [1.54, 1.807) is 6.20 Å². The van der Waals surface area contributed by atoms with Crippen molar-refractivity contribution in [2.75, 3.05) is 6.61 Å². The van der Waals surface area contributed by atoms with Crippen LogP contribution in [0.25, 0.3) is 0 Å². The predicted molar refractivity (Wildman–Crippen MR) is 61.4 cm³/mol. The normalized spacial score (nSPS) is 13.1. The smallest absolute Gasteiger partial charge is 0.0584 e. The zero-order valence-electron chi connectivity index (χ0n) is 9.48. The fourth-order valence-corrected chi connectivity index (χ4v) is 1.54. The van der Waals surface area contributed by atoms with E-state index in [9.17, 15) is 5.11 Å². The summed E-state index contributed by atoms with van der Waals surface area (Å²) in [4.78, 5) is 4.22. The van der Waals surface area contributed by atoms with E-state index in [1.807, 2.05) is 18.2 Å². The van der Waals surface area contributed by atoms with Gasteiger partial charge >= 0.3 is 0 Å². The average Bonchev–Trinajstić information content (AvgIpc) is 2.25. The van der Waals surface area contributed by atoms with Crippen LogP contribution in [-0.2, 0) is 6.54 Å². The van der Waals surface area contributed by atoms with Crippen LogP contribution < -0.4 is 5.32 Å². The molecular weight excluding hydrogens is 188 g/mol. The second-order valence-electron chi connectivity index (χ2n) is 4.21. The molecule has 1 heterocycles. The molecule has 0 spiro atoms. The Hall–Kier alpha value is -0.930. The van der Waals surface area contributed by atoms with Gasteiger partial charge in [-0.1, -0.05) is 19.9 Å². The van der Waals surface area contributed by atoms with Gasteiger partial charge in [0, 0.05) is 18.8 Å². The van der Waals surface area contributed by atoms with Crippen molar-refractivity contribution in [3.05, 3.63) is 30.1 Å². The Balaban J connectivity index is 2.34. The Morgan fingerprint density at radius 3 is 2.73 bits per heavy atom. The van der Waals surface area contributed by atoms with Crippen molar-refractivity contribution in [1.29, 1.82) is 0 Å². The molecule has 0 aliphatic rings. The number of nitrogens with one attached hydrogen (secondary N) is 1. The SMILES string of the molecule is CC(C)CC(CO)NCc1ccccn1. The van der Waals surface area contributed by atoms with Crippen LogP contribution in [0.2, 0.25) is 0 Å². The first-order chi connectivity index (χ1) is 7.22. The van der Waals surface area contributed by atoms with Crippen LogP contribution in [0.4, 0.5) is 0 Å². The monoisotopic (exact) mass is 208 g/mol. The van der Waals surface area contributed by atoms with Gasteiger partial charge in [-0.15, -0.1) is 0 Å². The Morgan fingerprint density at radius 1 is 1.40 bits per heavy atom. The predicted octanol–water partition coefficient (Wildman–Crippen LogP) is 1.58. The molecule has 1 aromatic heterocycles. The summed E-state index contributed by atoms with van der Waals surface area (Å²) >= 11 is 0. The number of aromatic nitrogens is 1. The maximum Gasteiger partial charge on any atom is 0.0584 e. The number of aliphatic hydroxyl groups is 1. The van der Waals surface area contributed by atoms with Crippen molar-refractivity contribution in [2.24, 2.45) is 5.92 Å². The highest BCUT2D eigenvalue weighted by Gasteiger charge is 2.08. The van der Waals surface area contributed by atoms with Gasteiger partial charge in [-0.3, -0.25) is 4.98 Å². The molecule has 0 radical (unpaired) electrons. The average molecular weight is 208 g/mol. The van der Waals surface area contributed by atoms with Crippen molar-refractivity contribution in [3.63, 3.8) is 0 Å². The highest BCUT2D eigenvalue weighted by Crippen LogP contribution is 2.04. The first kappa shape index (κ1) is 12.1. The molecular formula is C12H20N2O. The van der Waals surface area contributed by atoms with Gasteiger partial charge in [0.1, 0.15) is 0 Å². The molecule has 1 unspecified atom stereocenters. The van der Waals surface area contributed by atoms with Gasteiger partial charge in [0.05, 0.1) is 12.3 Å². The molecule has 0 saturated heterocycles. The summed E-state index contributed by atoms with van der Waals surface area (Å²) in [6.07, 6.45) is 2.77. The molecule has 1 atom stereocenters. The van der Waals surface area contributed by atoms with Crippen LogP contribution >= 0.6 is 0 Å². The molecule has 2 N–H and O–H groups in total. The first-order valence-electron chi connectivity index (χ1n) is 5.46. The Morgan fingerprint density at radius 2 is 2.20 bits per heavy atom. The molecule has 84 valence electrons. The van der Waals surface area contributed by atoms with Gasteiger partial charge in [-0.05, 0) is 24.5 Å². The van der Waals surface area contributed by atoms with Crippen molar-refractivity contribution in [3.8, 4) is 0 Å². The van der Waals surface area contributed by atoms with Gasteiger partial charge in [-0.25, -0.2) is 0 Å². The summed E-state index contributed by atoms with van der Waals surface area (Å²) in [6.45, 7) is 5.22. The molecule has 15 heavy (non-hydrogen) atoms. The minimum atomic E-state index is 0.173. The van der Waals surface area contributed by atoms with Crippen LogP contribution in [0.3, 0.4) is 0 Å². The molecule has 1 aromatic rings. The molecule has 0 aliphatic heterocycles. The molecule has 0 saturated carbocycles. The number of pyridine rings is 1. The lowest BCUT2D eigenvalue weighted by Gasteiger charge is -2.17. The molecule has 1 rings (SSSR count). The summed E-state index contributed by atoms with van der Waals surface area (Å²) in [5, 5.41) is 12.5. The van der Waals surface area contributed by atoms with Gasteiger partial charge in [0.25, 0.3) is 0 Å². The molecule has 0 bridgehead atoms. The molecule has 0 amide bonds. The maximum atomic E-state index is 9.17. The largest absolute Gasteiger partial charge is 0.395 e. The van der Waals surface area contributed by atoms with Crippen LogP contribution in [0, 0.1) is 5.92 Å². The minimum absolute atomic E-state index is 0.173. The molecule has 0 fully saturated rings. The fraction of sp³-hybridized carbons (Fsp3) is 0.583. The zero-order valence-corrected chi connectivity index (χ0v) is 9.48. The quantitative estimate of drug-likeness (QED) is 0.746. The molecule has 0 aliphatic carbocycles. The molecule has 0 aromatic carbocycles. The van der Waals surface area contributed by atoms with E-state index in [2.05, 4.69) is 24.1 Å². The van der Waals surface area contributed by atoms with Gasteiger partial charge < -0.3 is 10.4 Å². The summed E-state index contributed by atoms with van der Waals surface area (Å²) < 4.78 is 0. The molecule has 3 nitrogen and oxygen atoms in total. The summed E-state index contributed by atoms with van der Waals surface area (Å²) in [5.74, 6) is 0.596. The fourth-order valence-electron chi connectivity index (χ4n) is 1.54. The van der Waals surface area contributed by atoms with Crippen molar-refractivity contribution < 1.29 is 5.11 Å². The van der Waals surface area contributed by atoms with Crippen LogP contribution in [0.15, 0.2) is 24.4 Å². The third-order valence-corrected chi connectivity index (χ3v) is 2.27. The van der Waals surface area contributed by atoms with E-state index < -0.39 is 0 Å². The van der Waals surface area contributed by atoms with E-state index in [1.165, 1.54) is 0 Å². The second kappa shape index (κ2) is 6.53. The van der Waals surface area contributed by atoms with E-state index in [4.69, 9.17) is 0 Å². The van der Waals surface area contributed by atoms with Gasteiger partial charge in [0.15, 0.2) is 0 Å². The highest BCUT2D eigenvalue weighted by atomic mass is 16.3. The van der Waals surface area contributed by atoms with Gasteiger partial charge in [-0.2, -0.15) is 0 Å². The van der Waals surface area contributed by atoms with Crippen LogP contribution in [0.5, 0.6) is 0 Å². The summed E-state index contributed by atoms with van der Waals surface area (Å²) in [5.41, 5.74) is 1.01. The van der Waals surface area contributed by atoms with E-state index in [-0.39, 0.29) is 12.6 Å². The van der Waals surface area contributed by atoms with E-state index >= 15 is 0 Å². The van der Waals surface area contributed by atoms with Crippen molar-refractivity contribution >= 4 is 0 Å². The standard InChI is InChI=1S/C12H20N2O/c1-10(2)7-12(9-15)14-8-11-5-3-4-6-13-11/h3-6,10,12,14-15H,7-9H2,1-2H3. The third kappa shape index (κ3) is 4.91. The topological polar surface area (TPSA) is 45.1 Å². The first-order valence-corrected chi connectivity index (χ1v) is 5.46. The lowest BCUT2D eigenvalue weighted by Crippen LogP contribution is -2.33. The van der Waals surface area contributed by atoms with Crippen molar-refractivity contribution in [1.82, 2.24) is 10.3 Å². The van der Waals surface area contributed by atoms with Crippen LogP contribution in [-0.4, -0.2) is 22.7 Å². The second-order valence-corrected chi connectivity index (χ2v) is 4.21. The Labute approximate surface area is 91.5 Å².